The summed E-state index contributed by atoms with van der Waals surface area (Å²) in [6, 6.07) is 52.4. The molecule has 53 heavy (non-hydrogen) atoms. The minimum absolute atomic E-state index is 0.0977. The molecule has 1 saturated heterocycles. The number of ether oxygens (including phenoxy) is 2. The maximum atomic E-state index is 13.2. The molecular formula is C46H43N2O4P. The molecule has 0 amide bonds. The third kappa shape index (κ3) is 5.78. The predicted molar refractivity (Wildman–Crippen MR) is 216 cm³/mol. The van der Waals surface area contributed by atoms with Crippen molar-refractivity contribution in [2.24, 2.45) is 0 Å². The van der Waals surface area contributed by atoms with Gasteiger partial charge in [0.15, 0.2) is 5.60 Å². The van der Waals surface area contributed by atoms with Gasteiger partial charge in [0.2, 0.25) is 0 Å². The summed E-state index contributed by atoms with van der Waals surface area (Å²) in [6.45, 7) is 4.88. The molecule has 7 heteroatoms. The van der Waals surface area contributed by atoms with Crippen molar-refractivity contribution in [3.8, 4) is 17.2 Å². The van der Waals surface area contributed by atoms with Crippen LogP contribution in [0.25, 0.3) is 0 Å². The Hall–Kier alpha value is -5.42. The van der Waals surface area contributed by atoms with Crippen LogP contribution < -0.4 is 25.6 Å². The third-order valence-electron chi connectivity index (χ3n) is 11.5. The van der Waals surface area contributed by atoms with Gasteiger partial charge in [-0.3, -0.25) is 0 Å². The van der Waals surface area contributed by atoms with E-state index in [4.69, 9.17) is 9.47 Å². The van der Waals surface area contributed by atoms with Gasteiger partial charge in [-0.2, -0.15) is 0 Å². The summed E-state index contributed by atoms with van der Waals surface area (Å²) in [7, 11) is -2.22. The molecule has 9 rings (SSSR count). The summed E-state index contributed by atoms with van der Waals surface area (Å²) >= 11 is 0. The van der Waals surface area contributed by atoms with E-state index in [0.717, 1.165) is 56.0 Å². The van der Waals surface area contributed by atoms with E-state index in [-0.39, 0.29) is 11.7 Å². The Morgan fingerprint density at radius 1 is 0.604 bits per heavy atom. The molecule has 0 radical (unpaired) electrons. The van der Waals surface area contributed by atoms with E-state index in [2.05, 4.69) is 113 Å². The molecule has 0 aliphatic carbocycles. The zero-order valence-corrected chi connectivity index (χ0v) is 30.7. The first kappa shape index (κ1) is 33.4. The number of anilines is 1. The number of piperazine rings is 1. The smallest absolute Gasteiger partial charge is 0.0618 e. The van der Waals surface area contributed by atoms with Crippen molar-refractivity contribution >= 4 is 34.8 Å². The Bertz CT molecular complexity index is 2160. The summed E-state index contributed by atoms with van der Waals surface area (Å²) in [6.07, 6.45) is 3.49. The fourth-order valence-corrected chi connectivity index (χ4v) is 13.8. The Labute approximate surface area is 311 Å². The molecule has 0 bridgehead atoms. The minimum Gasteiger partial charge on any atom is -0.0618 e. The molecule has 6 nitrogen and oxygen atoms in total. The zero-order valence-electron chi connectivity index (χ0n) is 29.7. The number of unbranched alkanes of at least 4 members (excludes halogenated alkanes) is 1. The summed E-state index contributed by atoms with van der Waals surface area (Å²) in [4.78, 5) is 18.2. The first-order valence-electron chi connectivity index (χ1n) is 18.7. The fourth-order valence-electron chi connectivity index (χ4n) is 8.91. The van der Waals surface area contributed by atoms with Gasteiger partial charge < -0.3 is 9.84 Å². The van der Waals surface area contributed by atoms with Crippen molar-refractivity contribution in [1.82, 2.24) is 4.90 Å². The number of nitrogens with zero attached hydrogens (tertiary/aromatic N) is 2. The number of hydrogen-bond acceptors (Lipinski definition) is 6. The zero-order chi connectivity index (χ0) is 35.8. The summed E-state index contributed by atoms with van der Waals surface area (Å²) in [5, 5.41) is 14.8. The van der Waals surface area contributed by atoms with E-state index in [9.17, 15) is 9.90 Å². The van der Waals surface area contributed by atoms with E-state index in [1.807, 2.05) is 30.3 Å². The van der Waals surface area contributed by atoms with Crippen LogP contribution in [0.5, 0.6) is 17.2 Å². The molecular weight excluding hydrogens is 675 g/mol. The van der Waals surface area contributed by atoms with Crippen molar-refractivity contribution in [1.29, 1.82) is 0 Å². The van der Waals surface area contributed by atoms with Crippen LogP contribution in [0.2, 0.25) is 0 Å². The molecule has 0 saturated carbocycles. The molecule has 1 unspecified atom stereocenters. The van der Waals surface area contributed by atoms with Crippen LogP contribution in [0.4, 0.5) is 5.69 Å². The Balaban J connectivity index is 0.902. The molecule has 3 heterocycles. The Morgan fingerprint density at radius 3 is 1.81 bits per heavy atom. The van der Waals surface area contributed by atoms with Crippen molar-refractivity contribution < 1.29 is 19.4 Å². The second-order valence-electron chi connectivity index (χ2n) is 14.4. The van der Waals surface area contributed by atoms with Gasteiger partial charge in [0.25, 0.3) is 0 Å². The summed E-state index contributed by atoms with van der Waals surface area (Å²) in [5.74, 6) is 0.861. The Kier molecular flexibility index (Phi) is 8.73. The van der Waals surface area contributed by atoms with E-state index in [1.165, 1.54) is 28.5 Å². The topological polar surface area (TPSA) is 62.2 Å². The van der Waals surface area contributed by atoms with Gasteiger partial charge in [0.05, 0.1) is 5.56 Å². The molecule has 1 atom stereocenters. The van der Waals surface area contributed by atoms with Crippen molar-refractivity contribution in [3.63, 3.8) is 0 Å². The first-order valence-corrected chi connectivity index (χ1v) is 20.9. The average Bonchev–Trinajstić information content (AvgIpc) is 3.51. The number of phenols is 1. The van der Waals surface area contributed by atoms with E-state index in [0.29, 0.717) is 22.6 Å². The van der Waals surface area contributed by atoms with Gasteiger partial charge in [0.1, 0.15) is 11.5 Å². The van der Waals surface area contributed by atoms with Crippen molar-refractivity contribution in [2.45, 2.75) is 18.4 Å². The average molecular weight is 719 g/mol. The molecule has 1 fully saturated rings. The van der Waals surface area contributed by atoms with E-state index < -0.39 is 12.9 Å². The molecule has 266 valence electrons. The molecule has 0 aromatic heterocycles. The number of carbonyl (C=O) groups excluding carboxylic acids is 1. The number of aromatic hydroxyl groups is 1. The standard InChI is InChI=1S/C46H43N2O4P/c49-35-23-25-42-44(33-35)51-43-32-34(22-24-41(43)46(42)40-21-11-10-20-39(40)45(50)52-46)48-29-27-47(28-30-48)26-12-13-31-53(36-14-4-1-5-15-36,37-16-6-2-7-17-37)38-18-8-3-9-19-38/h1-11,14-25,32-33,49,53H,12-13,26-31H2. The second kappa shape index (κ2) is 13.9. The van der Waals surface area contributed by atoms with Gasteiger partial charge in [-0.1, -0.05) is 18.2 Å². The van der Waals surface area contributed by atoms with Gasteiger partial charge in [0, 0.05) is 17.2 Å². The number of esters is 1. The normalized spacial score (nSPS) is 18.1. The molecule has 6 aromatic carbocycles. The number of benzene rings is 6. The van der Waals surface area contributed by atoms with Gasteiger partial charge in [-0.25, -0.2) is 4.79 Å². The number of phenolic OH excluding ortho intramolecular Hbond substituents is 1. The van der Waals surface area contributed by atoms with Crippen LogP contribution in [-0.4, -0.2) is 54.9 Å². The predicted octanol–water partition coefficient (Wildman–Crippen LogP) is 7.59. The molecule has 3 aliphatic heterocycles. The first-order chi connectivity index (χ1) is 26.1. The Morgan fingerprint density at radius 2 is 1.17 bits per heavy atom. The van der Waals surface area contributed by atoms with Crippen LogP contribution >= 0.6 is 7.26 Å². The molecule has 1 N–H and O–H groups in total. The van der Waals surface area contributed by atoms with Crippen LogP contribution in [0.1, 0.15) is 39.9 Å². The number of fused-ring (bicyclic) bond motifs is 6. The monoisotopic (exact) mass is 718 g/mol. The third-order valence-corrected chi connectivity index (χ3v) is 16.6. The van der Waals surface area contributed by atoms with E-state index >= 15 is 0 Å². The van der Waals surface area contributed by atoms with Crippen LogP contribution in [-0.2, 0) is 10.3 Å². The number of hydrogen-bond donors (Lipinski definition) is 1. The SMILES string of the molecule is O=C1OC2(c3ccc(O)cc3Oc3cc(N4CCN(CCCC[PH](c5ccccc5)(c5ccccc5)c5ccccc5)CC4)ccc32)c2ccccc21. The fraction of sp³-hybridized carbons (Fsp3) is 0.196. The molecule has 3 aliphatic rings. The van der Waals surface area contributed by atoms with Crippen molar-refractivity contribution in [3.05, 3.63) is 174 Å². The second-order valence-corrected chi connectivity index (χ2v) is 18.4. The molecule has 6 aromatic rings. The number of carbonyl (C=O) groups is 1. The van der Waals surface area contributed by atoms with Gasteiger partial charge in [-0.15, -0.1) is 0 Å². The van der Waals surface area contributed by atoms with Crippen molar-refractivity contribution in [2.75, 3.05) is 43.8 Å². The summed E-state index contributed by atoms with van der Waals surface area (Å²) < 4.78 is 12.7. The van der Waals surface area contributed by atoms with Crippen LogP contribution in [0, 0.1) is 0 Å². The van der Waals surface area contributed by atoms with Crippen LogP contribution in [0.15, 0.2) is 152 Å². The summed E-state index contributed by atoms with van der Waals surface area (Å²) in [5.41, 5.74) is 2.77. The van der Waals surface area contributed by atoms with Crippen LogP contribution in [0.3, 0.4) is 0 Å². The molecule has 1 spiro atoms. The quantitative estimate of drug-likeness (QED) is 0.0945. The van der Waals surface area contributed by atoms with E-state index in [1.54, 1.807) is 18.2 Å². The number of rotatable bonds is 9. The van der Waals surface area contributed by atoms with Gasteiger partial charge in [-0.05, 0) is 18.2 Å². The maximum absolute atomic E-state index is 13.2. The van der Waals surface area contributed by atoms with Gasteiger partial charge >= 0.3 is 222 Å². The minimum atomic E-state index is -2.22.